The van der Waals surface area contributed by atoms with Crippen molar-refractivity contribution in [3.63, 3.8) is 0 Å². The molecular weight excluding hydrogens is 208 g/mol. The van der Waals surface area contributed by atoms with Gasteiger partial charge in [0.15, 0.2) is 0 Å². The van der Waals surface area contributed by atoms with Crippen LogP contribution in [0.2, 0.25) is 0 Å². The molecular formula is C15H30N2. The molecule has 17 heavy (non-hydrogen) atoms. The molecule has 0 saturated carbocycles. The molecule has 2 fully saturated rings. The van der Waals surface area contributed by atoms with E-state index in [0.717, 1.165) is 12.0 Å². The summed E-state index contributed by atoms with van der Waals surface area (Å²) >= 11 is 0. The molecule has 2 heterocycles. The van der Waals surface area contributed by atoms with E-state index in [1.807, 2.05) is 0 Å². The Morgan fingerprint density at radius 2 is 1.53 bits per heavy atom. The molecule has 0 aliphatic carbocycles. The van der Waals surface area contributed by atoms with Crippen molar-refractivity contribution in [3.8, 4) is 0 Å². The van der Waals surface area contributed by atoms with Crippen molar-refractivity contribution in [1.29, 1.82) is 0 Å². The summed E-state index contributed by atoms with van der Waals surface area (Å²) in [6.07, 6.45) is 2.82. The van der Waals surface area contributed by atoms with Gasteiger partial charge >= 0.3 is 0 Å². The molecule has 0 bridgehead atoms. The highest BCUT2D eigenvalue weighted by Crippen LogP contribution is 2.38. The topological polar surface area (TPSA) is 6.48 Å². The third-order valence-corrected chi connectivity index (χ3v) is 4.78. The van der Waals surface area contributed by atoms with Gasteiger partial charge in [0.25, 0.3) is 0 Å². The van der Waals surface area contributed by atoms with E-state index in [2.05, 4.69) is 51.3 Å². The summed E-state index contributed by atoms with van der Waals surface area (Å²) in [5, 5.41) is 0. The first-order valence-corrected chi connectivity index (χ1v) is 7.17. The zero-order valence-corrected chi connectivity index (χ0v) is 12.6. The molecule has 2 aliphatic rings. The molecule has 2 nitrogen and oxygen atoms in total. The van der Waals surface area contributed by atoms with Gasteiger partial charge in [0.05, 0.1) is 6.67 Å². The fourth-order valence-corrected chi connectivity index (χ4v) is 3.20. The smallest absolute Gasteiger partial charge is 0.0514 e. The molecule has 2 unspecified atom stereocenters. The summed E-state index contributed by atoms with van der Waals surface area (Å²) in [7, 11) is 0. The van der Waals surface area contributed by atoms with Gasteiger partial charge in [-0.15, -0.1) is 0 Å². The van der Waals surface area contributed by atoms with Crippen LogP contribution in [0.15, 0.2) is 0 Å². The van der Waals surface area contributed by atoms with Gasteiger partial charge in [-0.25, -0.2) is 0 Å². The number of piperidine rings is 1. The van der Waals surface area contributed by atoms with Crippen LogP contribution in [0.1, 0.15) is 54.4 Å². The van der Waals surface area contributed by atoms with Crippen molar-refractivity contribution < 1.29 is 0 Å². The third-order valence-electron chi connectivity index (χ3n) is 4.78. The monoisotopic (exact) mass is 238 g/mol. The molecule has 0 spiro atoms. The van der Waals surface area contributed by atoms with Gasteiger partial charge in [0.2, 0.25) is 0 Å². The Balaban J connectivity index is 1.99. The molecule has 2 aliphatic heterocycles. The minimum atomic E-state index is 0.328. The molecule has 0 radical (unpaired) electrons. The maximum Gasteiger partial charge on any atom is 0.0514 e. The fraction of sp³-hybridized carbons (Fsp3) is 1.00. The predicted molar refractivity (Wildman–Crippen MR) is 74.0 cm³/mol. The Morgan fingerprint density at radius 1 is 0.882 bits per heavy atom. The lowest BCUT2D eigenvalue weighted by molar-refractivity contribution is 0.0701. The Hall–Kier alpha value is -0.0800. The molecule has 0 aromatic rings. The second kappa shape index (κ2) is 4.24. The third kappa shape index (κ3) is 2.85. The largest absolute Gasteiger partial charge is 0.286 e. The van der Waals surface area contributed by atoms with Crippen LogP contribution in [-0.4, -0.2) is 41.1 Å². The minimum absolute atomic E-state index is 0.328. The van der Waals surface area contributed by atoms with Crippen LogP contribution in [0.5, 0.6) is 0 Å². The predicted octanol–water partition coefficient (Wildman–Crippen LogP) is 3.18. The van der Waals surface area contributed by atoms with Crippen LogP contribution in [0.3, 0.4) is 0 Å². The molecule has 0 amide bonds. The maximum atomic E-state index is 2.73. The highest BCUT2D eigenvalue weighted by atomic mass is 15.4. The summed E-state index contributed by atoms with van der Waals surface area (Å²) in [4.78, 5) is 5.37. The lowest BCUT2D eigenvalue weighted by Gasteiger charge is -2.41. The van der Waals surface area contributed by atoms with Gasteiger partial charge in [-0.1, -0.05) is 20.8 Å². The van der Waals surface area contributed by atoms with Crippen molar-refractivity contribution in [1.82, 2.24) is 9.80 Å². The zero-order valence-electron chi connectivity index (χ0n) is 12.6. The van der Waals surface area contributed by atoms with Crippen molar-refractivity contribution in [3.05, 3.63) is 0 Å². The molecule has 2 heteroatoms. The van der Waals surface area contributed by atoms with E-state index in [0.29, 0.717) is 11.0 Å². The van der Waals surface area contributed by atoms with Crippen LogP contribution in [0.25, 0.3) is 0 Å². The molecule has 2 rings (SSSR count). The lowest BCUT2D eigenvalue weighted by Crippen LogP contribution is -2.44. The second-order valence-electron chi connectivity index (χ2n) is 8.10. The van der Waals surface area contributed by atoms with E-state index in [-0.39, 0.29) is 0 Å². The van der Waals surface area contributed by atoms with Crippen LogP contribution in [0, 0.1) is 11.3 Å². The number of hydrogen-bond acceptors (Lipinski definition) is 2. The van der Waals surface area contributed by atoms with Gasteiger partial charge in [-0.05, 0) is 44.9 Å². The Bertz CT molecular complexity index is 260. The first-order chi connectivity index (χ1) is 7.68. The maximum absolute atomic E-state index is 2.73. The van der Waals surface area contributed by atoms with Crippen molar-refractivity contribution >= 4 is 0 Å². The van der Waals surface area contributed by atoms with E-state index in [9.17, 15) is 0 Å². The van der Waals surface area contributed by atoms with Crippen molar-refractivity contribution in [2.75, 3.05) is 19.8 Å². The highest BCUT2D eigenvalue weighted by Gasteiger charge is 2.41. The first-order valence-electron chi connectivity index (χ1n) is 7.17. The molecule has 2 saturated heterocycles. The molecule has 0 N–H and O–H groups in total. The lowest BCUT2D eigenvalue weighted by atomic mass is 9.75. The standard InChI is InChI=1S/C15H30N2/c1-14(2,3)12-7-8-13-10-17(15(4,5)6)11-16(13)9-12/h12-13H,7-11H2,1-6H3. The zero-order chi connectivity index (χ0) is 12.8. The average Bonchev–Trinajstić information content (AvgIpc) is 2.57. The van der Waals surface area contributed by atoms with Gasteiger partial charge < -0.3 is 0 Å². The summed E-state index contributed by atoms with van der Waals surface area (Å²) < 4.78 is 0. The van der Waals surface area contributed by atoms with Gasteiger partial charge in [0, 0.05) is 24.7 Å². The first kappa shape index (κ1) is 13.4. The van der Waals surface area contributed by atoms with E-state index < -0.39 is 0 Å². The average molecular weight is 238 g/mol. The Labute approximate surface area is 107 Å². The molecule has 0 aromatic carbocycles. The summed E-state index contributed by atoms with van der Waals surface area (Å²) in [6.45, 7) is 18.0. The molecule has 2 atom stereocenters. The summed E-state index contributed by atoms with van der Waals surface area (Å²) in [6, 6.07) is 0.827. The Morgan fingerprint density at radius 3 is 2.06 bits per heavy atom. The number of hydrogen-bond donors (Lipinski definition) is 0. The number of rotatable bonds is 0. The van der Waals surface area contributed by atoms with Crippen LogP contribution in [0.4, 0.5) is 0 Å². The number of fused-ring (bicyclic) bond motifs is 1. The molecule has 0 aromatic heterocycles. The normalized spacial score (nSPS) is 32.8. The van der Waals surface area contributed by atoms with Gasteiger partial charge in [-0.3, -0.25) is 9.80 Å². The van der Waals surface area contributed by atoms with Crippen LogP contribution < -0.4 is 0 Å². The minimum Gasteiger partial charge on any atom is -0.286 e. The summed E-state index contributed by atoms with van der Waals surface area (Å²) in [5.41, 5.74) is 0.800. The van der Waals surface area contributed by atoms with E-state index in [1.54, 1.807) is 0 Å². The van der Waals surface area contributed by atoms with Crippen LogP contribution >= 0.6 is 0 Å². The summed E-state index contributed by atoms with van der Waals surface area (Å²) in [5.74, 6) is 0.874. The van der Waals surface area contributed by atoms with Crippen LogP contribution in [-0.2, 0) is 0 Å². The second-order valence-corrected chi connectivity index (χ2v) is 8.10. The van der Waals surface area contributed by atoms with Crippen molar-refractivity contribution in [2.24, 2.45) is 11.3 Å². The quantitative estimate of drug-likeness (QED) is 0.639. The highest BCUT2D eigenvalue weighted by molar-refractivity contribution is 4.94. The fourth-order valence-electron chi connectivity index (χ4n) is 3.20. The SMILES string of the molecule is CC(C)(C)C1CCC2CN(C(C)(C)C)CN2C1. The molecule has 100 valence electrons. The van der Waals surface area contributed by atoms with Gasteiger partial charge in [-0.2, -0.15) is 0 Å². The van der Waals surface area contributed by atoms with Crippen molar-refractivity contribution in [2.45, 2.75) is 66.0 Å². The Kier molecular flexibility index (Phi) is 3.33. The van der Waals surface area contributed by atoms with E-state index >= 15 is 0 Å². The van der Waals surface area contributed by atoms with E-state index in [1.165, 1.54) is 32.6 Å². The van der Waals surface area contributed by atoms with E-state index in [4.69, 9.17) is 0 Å². The van der Waals surface area contributed by atoms with Gasteiger partial charge in [0.1, 0.15) is 0 Å². The number of nitrogens with zero attached hydrogens (tertiary/aromatic N) is 2.